The first kappa shape index (κ1) is 17.3. The molecule has 134 valence electrons. The summed E-state index contributed by atoms with van der Waals surface area (Å²) in [6.07, 6.45) is 3.78. The maximum atomic E-state index is 12.0. The molecule has 0 bridgehead atoms. The number of nitrogens with zero attached hydrogens (tertiary/aromatic N) is 3. The van der Waals surface area contributed by atoms with E-state index in [0.717, 1.165) is 30.4 Å². The van der Waals surface area contributed by atoms with Gasteiger partial charge in [-0.2, -0.15) is 0 Å². The van der Waals surface area contributed by atoms with E-state index in [2.05, 4.69) is 19.8 Å². The van der Waals surface area contributed by atoms with Crippen LogP contribution in [0.5, 0.6) is 11.5 Å². The van der Waals surface area contributed by atoms with E-state index in [9.17, 15) is 4.79 Å². The first-order valence-electron chi connectivity index (χ1n) is 8.59. The highest BCUT2D eigenvalue weighted by Gasteiger charge is 2.18. The highest BCUT2D eigenvalue weighted by Crippen LogP contribution is 2.17. The molecule has 2 aromatic rings. The normalized spacial score (nSPS) is 14.0. The molecule has 3 rings (SSSR count). The Hall–Kier alpha value is -2.54. The van der Waals surface area contributed by atoms with Gasteiger partial charge in [0.25, 0.3) is 0 Å². The van der Waals surface area contributed by atoms with Crippen LogP contribution in [-0.4, -0.2) is 53.2 Å². The van der Waals surface area contributed by atoms with Gasteiger partial charge in [0, 0.05) is 25.5 Å². The SMILES string of the molecule is CCOc1ccc(OCCNC(=O)CN2CCn3ccnc3C2)cc1. The predicted octanol–water partition coefficient (Wildman–Crippen LogP) is 1.29. The van der Waals surface area contributed by atoms with Crippen LogP contribution < -0.4 is 14.8 Å². The van der Waals surface area contributed by atoms with Gasteiger partial charge in [-0.3, -0.25) is 9.69 Å². The number of amides is 1. The molecular formula is C18H24N4O3. The third-order valence-corrected chi connectivity index (χ3v) is 4.02. The minimum absolute atomic E-state index is 0.00954. The fourth-order valence-corrected chi connectivity index (χ4v) is 2.78. The molecule has 1 aliphatic rings. The molecule has 25 heavy (non-hydrogen) atoms. The molecule has 0 spiro atoms. The zero-order valence-corrected chi connectivity index (χ0v) is 14.5. The second kappa shape index (κ2) is 8.53. The molecule has 0 aliphatic carbocycles. The maximum absolute atomic E-state index is 12.0. The topological polar surface area (TPSA) is 68.6 Å². The van der Waals surface area contributed by atoms with Gasteiger partial charge in [0.05, 0.1) is 26.2 Å². The Bertz CT molecular complexity index is 684. The molecular weight excluding hydrogens is 320 g/mol. The summed E-state index contributed by atoms with van der Waals surface area (Å²) in [5.41, 5.74) is 0. The zero-order valence-electron chi connectivity index (χ0n) is 14.5. The van der Waals surface area contributed by atoms with Crippen LogP contribution in [0.3, 0.4) is 0 Å². The van der Waals surface area contributed by atoms with Gasteiger partial charge in [-0.1, -0.05) is 0 Å². The van der Waals surface area contributed by atoms with E-state index in [1.165, 1.54) is 0 Å². The lowest BCUT2D eigenvalue weighted by Gasteiger charge is -2.26. The molecule has 2 heterocycles. The van der Waals surface area contributed by atoms with E-state index in [1.807, 2.05) is 37.4 Å². The fraction of sp³-hybridized carbons (Fsp3) is 0.444. The van der Waals surface area contributed by atoms with Crippen LogP contribution in [0.15, 0.2) is 36.7 Å². The van der Waals surface area contributed by atoms with Crippen molar-refractivity contribution in [3.8, 4) is 11.5 Å². The summed E-state index contributed by atoms with van der Waals surface area (Å²) < 4.78 is 13.1. The summed E-state index contributed by atoms with van der Waals surface area (Å²) in [5.74, 6) is 2.61. The number of carbonyl (C=O) groups is 1. The highest BCUT2D eigenvalue weighted by atomic mass is 16.5. The van der Waals surface area contributed by atoms with Crippen molar-refractivity contribution >= 4 is 5.91 Å². The molecule has 0 fully saturated rings. The van der Waals surface area contributed by atoms with Crippen molar-refractivity contribution in [2.45, 2.75) is 20.0 Å². The standard InChI is InChI=1S/C18H24N4O3/c1-2-24-15-3-5-16(6-4-15)25-12-8-20-18(23)14-21-10-11-22-9-7-19-17(22)13-21/h3-7,9H,2,8,10-14H2,1H3,(H,20,23). The van der Waals surface area contributed by atoms with Crippen molar-refractivity contribution in [2.24, 2.45) is 0 Å². The molecule has 1 aromatic carbocycles. The van der Waals surface area contributed by atoms with E-state index in [-0.39, 0.29) is 5.91 Å². The molecule has 7 nitrogen and oxygen atoms in total. The van der Waals surface area contributed by atoms with E-state index in [0.29, 0.717) is 32.8 Å². The van der Waals surface area contributed by atoms with Crippen LogP contribution >= 0.6 is 0 Å². The highest BCUT2D eigenvalue weighted by molar-refractivity contribution is 5.78. The second-order valence-electron chi connectivity index (χ2n) is 5.85. The number of rotatable bonds is 8. The number of nitrogens with one attached hydrogen (secondary N) is 1. The Kier molecular flexibility index (Phi) is 5.90. The van der Waals surface area contributed by atoms with Crippen LogP contribution in [0.25, 0.3) is 0 Å². The Labute approximate surface area is 147 Å². The number of hydrogen-bond donors (Lipinski definition) is 1. The Morgan fingerprint density at radius 3 is 2.72 bits per heavy atom. The summed E-state index contributed by atoms with van der Waals surface area (Å²) in [5, 5.41) is 2.89. The largest absolute Gasteiger partial charge is 0.494 e. The molecule has 1 N–H and O–H groups in total. The van der Waals surface area contributed by atoms with Crippen molar-refractivity contribution in [1.82, 2.24) is 19.8 Å². The van der Waals surface area contributed by atoms with Gasteiger partial charge in [-0.25, -0.2) is 4.98 Å². The zero-order chi connectivity index (χ0) is 17.5. The number of ether oxygens (including phenoxy) is 2. The minimum atomic E-state index is 0.00954. The third kappa shape index (κ3) is 4.96. The lowest BCUT2D eigenvalue weighted by Crippen LogP contribution is -2.42. The molecule has 0 unspecified atom stereocenters. The van der Waals surface area contributed by atoms with Crippen LogP contribution in [0.4, 0.5) is 0 Å². The first-order valence-corrected chi connectivity index (χ1v) is 8.59. The van der Waals surface area contributed by atoms with Gasteiger partial charge in [0.1, 0.15) is 23.9 Å². The number of hydrogen-bond acceptors (Lipinski definition) is 5. The van der Waals surface area contributed by atoms with Crippen molar-refractivity contribution in [1.29, 1.82) is 0 Å². The maximum Gasteiger partial charge on any atom is 0.234 e. The monoisotopic (exact) mass is 344 g/mol. The van der Waals surface area contributed by atoms with Gasteiger partial charge >= 0.3 is 0 Å². The van der Waals surface area contributed by atoms with Crippen LogP contribution in [0.1, 0.15) is 12.7 Å². The van der Waals surface area contributed by atoms with Crippen LogP contribution in [0.2, 0.25) is 0 Å². The predicted molar refractivity (Wildman–Crippen MR) is 93.6 cm³/mol. The fourth-order valence-electron chi connectivity index (χ4n) is 2.78. The van der Waals surface area contributed by atoms with Gasteiger partial charge in [-0.05, 0) is 31.2 Å². The first-order chi connectivity index (χ1) is 12.2. The lowest BCUT2D eigenvalue weighted by molar-refractivity contribution is -0.122. The minimum Gasteiger partial charge on any atom is -0.494 e. The lowest BCUT2D eigenvalue weighted by atomic mass is 10.3. The summed E-state index contributed by atoms with van der Waals surface area (Å²) in [4.78, 5) is 18.4. The summed E-state index contributed by atoms with van der Waals surface area (Å²) in [6, 6.07) is 7.47. The average molecular weight is 344 g/mol. The molecule has 1 aliphatic heterocycles. The van der Waals surface area contributed by atoms with Crippen LogP contribution in [0, 0.1) is 0 Å². The number of aromatic nitrogens is 2. The molecule has 0 saturated heterocycles. The van der Waals surface area contributed by atoms with Crippen molar-refractivity contribution < 1.29 is 14.3 Å². The van der Waals surface area contributed by atoms with Gasteiger partial charge in [0.15, 0.2) is 0 Å². The van der Waals surface area contributed by atoms with E-state index >= 15 is 0 Å². The Balaban J connectivity index is 1.33. The van der Waals surface area contributed by atoms with Gasteiger partial charge in [-0.15, -0.1) is 0 Å². The summed E-state index contributed by atoms with van der Waals surface area (Å²) in [6.45, 7) is 6.34. The van der Waals surface area contributed by atoms with E-state index in [4.69, 9.17) is 9.47 Å². The summed E-state index contributed by atoms with van der Waals surface area (Å²) in [7, 11) is 0. The smallest absolute Gasteiger partial charge is 0.234 e. The summed E-state index contributed by atoms with van der Waals surface area (Å²) >= 11 is 0. The van der Waals surface area contributed by atoms with E-state index in [1.54, 1.807) is 6.20 Å². The van der Waals surface area contributed by atoms with Crippen molar-refractivity contribution in [3.63, 3.8) is 0 Å². The molecule has 0 radical (unpaired) electrons. The molecule has 0 atom stereocenters. The number of carbonyl (C=O) groups excluding carboxylic acids is 1. The van der Waals surface area contributed by atoms with Gasteiger partial charge in [0.2, 0.25) is 5.91 Å². The average Bonchev–Trinajstić information content (AvgIpc) is 3.08. The van der Waals surface area contributed by atoms with Gasteiger partial charge < -0.3 is 19.4 Å². The number of imidazole rings is 1. The number of benzene rings is 1. The molecule has 7 heteroatoms. The third-order valence-electron chi connectivity index (χ3n) is 4.02. The molecule has 1 aromatic heterocycles. The van der Waals surface area contributed by atoms with Crippen molar-refractivity contribution in [3.05, 3.63) is 42.5 Å². The molecule has 1 amide bonds. The second-order valence-corrected chi connectivity index (χ2v) is 5.85. The van der Waals surface area contributed by atoms with Crippen LogP contribution in [-0.2, 0) is 17.9 Å². The van der Waals surface area contributed by atoms with E-state index < -0.39 is 0 Å². The Morgan fingerprint density at radius 1 is 1.20 bits per heavy atom. The molecule has 0 saturated carbocycles. The number of fused-ring (bicyclic) bond motifs is 1. The van der Waals surface area contributed by atoms with Crippen molar-refractivity contribution in [2.75, 3.05) is 32.8 Å². The quantitative estimate of drug-likeness (QED) is 0.731. The Morgan fingerprint density at radius 2 is 1.96 bits per heavy atom.